The van der Waals surface area contributed by atoms with E-state index in [-0.39, 0.29) is 44.4 Å². The maximum atomic E-state index is 12.7. The molecule has 1 radical (unpaired) electrons. The predicted molar refractivity (Wildman–Crippen MR) is 37.1 cm³/mol. The third-order valence-corrected chi connectivity index (χ3v) is 1.32. The van der Waals surface area contributed by atoms with Crippen LogP contribution in [0, 0.1) is 11.9 Å². The molecule has 0 spiro atoms. The maximum Gasteiger partial charge on any atom is 0 e. The minimum absolute atomic E-state index is 0. The van der Waals surface area contributed by atoms with Gasteiger partial charge in [0.05, 0.1) is 0 Å². The van der Waals surface area contributed by atoms with Gasteiger partial charge >= 0.3 is 0 Å². The zero-order valence-electron chi connectivity index (χ0n) is 6.63. The number of halogens is 1. The summed E-state index contributed by atoms with van der Waals surface area (Å²) in [5.74, 6) is -0.0829. The fourth-order valence-electron chi connectivity index (χ4n) is 0.790. The van der Waals surface area contributed by atoms with Crippen molar-refractivity contribution in [3.63, 3.8) is 0 Å². The van der Waals surface area contributed by atoms with Crippen molar-refractivity contribution in [2.75, 3.05) is 0 Å². The molecule has 1 aromatic heterocycles. The largest absolute Gasteiger partial charge is 0.319 e. The summed E-state index contributed by atoms with van der Waals surface area (Å²) in [5.41, 5.74) is 0.606. The van der Waals surface area contributed by atoms with Crippen LogP contribution < -0.4 is 0 Å². The Bertz CT molecular complexity index is 225. The Morgan fingerprint density at radius 1 is 1.55 bits per heavy atom. The second-order valence-electron chi connectivity index (χ2n) is 2.47. The van der Waals surface area contributed by atoms with Gasteiger partial charge in [-0.2, -0.15) is 5.56 Å². The zero-order valence-corrected chi connectivity index (χ0v) is 9.47. The number of hydrogen-bond donors (Lipinski definition) is 0. The fraction of sp³-hybridized carbons (Fsp3) is 0.375. The van der Waals surface area contributed by atoms with E-state index in [1.165, 1.54) is 12.4 Å². The molecule has 0 saturated carbocycles. The van der Waals surface area contributed by atoms with Crippen LogP contribution in [0.5, 0.6) is 0 Å². The molecule has 3 heteroatoms. The monoisotopic (exact) mass is 227 g/mol. The molecule has 1 nitrogen and oxygen atoms in total. The van der Waals surface area contributed by atoms with E-state index in [0.29, 0.717) is 5.56 Å². The average Bonchev–Trinajstić information content (AvgIpc) is 1.88. The normalized spacial score (nSPS) is 9.45. The molecule has 0 aliphatic heterocycles. The Kier molecular flexibility index (Phi) is 5.02. The summed E-state index contributed by atoms with van der Waals surface area (Å²) in [6.45, 7) is 3.85. The van der Waals surface area contributed by atoms with Crippen LogP contribution >= 0.6 is 0 Å². The molecule has 0 aliphatic carbocycles. The van der Waals surface area contributed by atoms with Gasteiger partial charge in [-0.15, -0.1) is 0 Å². The molecule has 0 aliphatic rings. The zero-order chi connectivity index (χ0) is 7.56. The van der Waals surface area contributed by atoms with Gasteiger partial charge in [-0.1, -0.05) is 26.0 Å². The van der Waals surface area contributed by atoms with E-state index in [2.05, 4.69) is 11.1 Å². The van der Waals surface area contributed by atoms with E-state index in [1.54, 1.807) is 0 Å². The first-order valence-electron chi connectivity index (χ1n) is 3.23. The third kappa shape index (κ3) is 2.96. The van der Waals surface area contributed by atoms with Crippen LogP contribution in [-0.4, -0.2) is 4.98 Å². The van der Waals surface area contributed by atoms with Gasteiger partial charge in [0.25, 0.3) is 0 Å². The number of hydrogen-bond acceptors (Lipinski definition) is 1. The van der Waals surface area contributed by atoms with Crippen LogP contribution in [0.25, 0.3) is 0 Å². The number of aromatic nitrogens is 1. The van der Waals surface area contributed by atoms with E-state index in [0.717, 1.165) is 0 Å². The summed E-state index contributed by atoms with van der Waals surface area (Å²) in [4.78, 5) is 3.60. The minimum Gasteiger partial charge on any atom is -0.319 e. The third-order valence-electron chi connectivity index (χ3n) is 1.32. The van der Waals surface area contributed by atoms with Gasteiger partial charge in [-0.3, -0.25) is 0 Å². The Labute approximate surface area is 91.3 Å². The first-order valence-corrected chi connectivity index (χ1v) is 3.23. The van der Waals surface area contributed by atoms with Crippen molar-refractivity contribution in [2.45, 2.75) is 19.8 Å². The smallest absolute Gasteiger partial charge is 0 e. The molecular formula is C8H9FNY-. The Balaban J connectivity index is 0.000001000. The van der Waals surface area contributed by atoms with Crippen molar-refractivity contribution < 1.29 is 37.1 Å². The topological polar surface area (TPSA) is 12.9 Å². The van der Waals surface area contributed by atoms with Gasteiger partial charge in [-0.25, -0.2) is 6.07 Å². The van der Waals surface area contributed by atoms with Gasteiger partial charge in [0, 0.05) is 32.7 Å². The summed E-state index contributed by atoms with van der Waals surface area (Å²) < 4.78 is 12.7. The second kappa shape index (κ2) is 4.94. The van der Waals surface area contributed by atoms with E-state index >= 15 is 0 Å². The van der Waals surface area contributed by atoms with Gasteiger partial charge in [-0.05, 0) is 12.0 Å². The molecule has 0 unspecified atom stereocenters. The molecule has 0 aromatic carbocycles. The first kappa shape index (κ1) is 11.2. The average molecular weight is 227 g/mol. The van der Waals surface area contributed by atoms with Gasteiger partial charge < -0.3 is 9.37 Å². The molecule has 0 atom stereocenters. The summed E-state index contributed by atoms with van der Waals surface area (Å²) in [6, 6.07) is 2.75. The number of pyridine rings is 1. The van der Waals surface area contributed by atoms with Crippen molar-refractivity contribution in [3.05, 3.63) is 29.8 Å². The fourth-order valence-corrected chi connectivity index (χ4v) is 0.790. The standard InChI is InChI=1S/C8H9FN.Y/c1-6(2)7-3-4-10-5-8(7)9;/h4-6H,1-2H3;/q-1;. The van der Waals surface area contributed by atoms with Crippen LogP contribution in [0.4, 0.5) is 4.39 Å². The quantitative estimate of drug-likeness (QED) is 0.670. The van der Waals surface area contributed by atoms with Gasteiger partial charge in [0.15, 0.2) is 0 Å². The van der Waals surface area contributed by atoms with E-state index in [9.17, 15) is 4.39 Å². The molecule has 57 valence electrons. The molecule has 1 heterocycles. The molecule has 0 bridgehead atoms. The molecule has 0 amide bonds. The van der Waals surface area contributed by atoms with E-state index in [4.69, 9.17) is 0 Å². The Morgan fingerprint density at radius 2 is 2.18 bits per heavy atom. The van der Waals surface area contributed by atoms with Crippen molar-refractivity contribution >= 4 is 0 Å². The molecule has 0 saturated heterocycles. The number of rotatable bonds is 1. The van der Waals surface area contributed by atoms with Crippen LogP contribution in [0.3, 0.4) is 0 Å². The molecular weight excluding hydrogens is 218 g/mol. The van der Waals surface area contributed by atoms with E-state index < -0.39 is 0 Å². The van der Waals surface area contributed by atoms with Crippen LogP contribution in [-0.2, 0) is 32.7 Å². The number of nitrogens with zero attached hydrogens (tertiary/aromatic N) is 1. The van der Waals surface area contributed by atoms with Crippen LogP contribution in [0.1, 0.15) is 25.3 Å². The molecule has 0 fully saturated rings. The molecule has 0 N–H and O–H groups in total. The molecule has 11 heavy (non-hydrogen) atoms. The predicted octanol–water partition coefficient (Wildman–Crippen LogP) is 2.14. The maximum absolute atomic E-state index is 12.7. The van der Waals surface area contributed by atoms with Crippen LogP contribution in [0.15, 0.2) is 12.4 Å². The summed E-state index contributed by atoms with van der Waals surface area (Å²) in [7, 11) is 0. The minimum atomic E-state index is -0.266. The first-order chi connectivity index (χ1) is 4.72. The van der Waals surface area contributed by atoms with E-state index in [1.807, 2.05) is 13.8 Å². The molecule has 1 rings (SSSR count). The van der Waals surface area contributed by atoms with Gasteiger partial charge in [0.1, 0.15) is 0 Å². The summed E-state index contributed by atoms with van der Waals surface area (Å²) in [6.07, 6.45) is 2.70. The SMILES string of the molecule is CC(C)c1[c-]cncc1F.[Y]. The summed E-state index contributed by atoms with van der Waals surface area (Å²) in [5, 5.41) is 0. The van der Waals surface area contributed by atoms with Crippen molar-refractivity contribution in [2.24, 2.45) is 0 Å². The van der Waals surface area contributed by atoms with Crippen molar-refractivity contribution in [3.8, 4) is 0 Å². The van der Waals surface area contributed by atoms with Crippen LogP contribution in [0.2, 0.25) is 0 Å². The Morgan fingerprint density at radius 3 is 2.55 bits per heavy atom. The Hall–Kier alpha value is 0.184. The second-order valence-corrected chi connectivity index (χ2v) is 2.47. The van der Waals surface area contributed by atoms with Gasteiger partial charge in [0.2, 0.25) is 0 Å². The van der Waals surface area contributed by atoms with Crippen molar-refractivity contribution in [1.29, 1.82) is 0 Å². The van der Waals surface area contributed by atoms with Crippen molar-refractivity contribution in [1.82, 2.24) is 4.98 Å². The summed E-state index contributed by atoms with van der Waals surface area (Å²) >= 11 is 0. The molecule has 1 aromatic rings.